The van der Waals surface area contributed by atoms with Gasteiger partial charge in [0.05, 0.1) is 17.8 Å². The van der Waals surface area contributed by atoms with Crippen LogP contribution in [0.5, 0.6) is 0 Å². The van der Waals surface area contributed by atoms with Gasteiger partial charge in [-0.1, -0.05) is 24.3 Å². The van der Waals surface area contributed by atoms with Gasteiger partial charge in [0.1, 0.15) is 11.7 Å². The molecule has 7 heteroatoms. The average Bonchev–Trinajstić information content (AvgIpc) is 2.92. The van der Waals surface area contributed by atoms with Gasteiger partial charge in [-0.3, -0.25) is 9.78 Å². The van der Waals surface area contributed by atoms with Crippen molar-refractivity contribution in [1.82, 2.24) is 15.2 Å². The van der Waals surface area contributed by atoms with Crippen LogP contribution >= 0.6 is 0 Å². The highest BCUT2D eigenvalue weighted by Crippen LogP contribution is 2.28. The number of hydrogen-bond donors (Lipinski definition) is 1. The molecule has 1 unspecified atom stereocenters. The minimum atomic E-state index is -0.691. The topological polar surface area (TPSA) is 80.8 Å². The van der Waals surface area contributed by atoms with E-state index in [1.54, 1.807) is 4.90 Å². The third kappa shape index (κ3) is 5.73. The minimum absolute atomic E-state index is 0.205. The molecule has 7 nitrogen and oxygen atoms in total. The van der Waals surface area contributed by atoms with Gasteiger partial charge in [-0.2, -0.15) is 0 Å². The number of carbonyl (C=O) groups is 2. The van der Waals surface area contributed by atoms with Crippen molar-refractivity contribution in [1.29, 1.82) is 0 Å². The number of ether oxygens (including phenoxy) is 2. The molecule has 0 spiro atoms. The molecule has 1 N–H and O–H groups in total. The van der Waals surface area contributed by atoms with Crippen LogP contribution in [-0.2, 0) is 19.8 Å². The van der Waals surface area contributed by atoms with Crippen molar-refractivity contribution in [2.75, 3.05) is 19.7 Å². The first-order chi connectivity index (χ1) is 14.5. The predicted molar refractivity (Wildman–Crippen MR) is 120 cm³/mol. The molecule has 1 atom stereocenters. The highest BCUT2D eigenvalue weighted by molar-refractivity contribution is 5.87. The third-order valence-corrected chi connectivity index (χ3v) is 5.18. The number of aromatic nitrogens is 1. The molecule has 31 heavy (non-hydrogen) atoms. The number of nitrogens with zero attached hydrogens (tertiary/aromatic N) is 2. The van der Waals surface area contributed by atoms with Gasteiger partial charge < -0.3 is 19.7 Å². The largest absolute Gasteiger partial charge is 0.444 e. The lowest BCUT2D eigenvalue weighted by Gasteiger charge is -2.29. The van der Waals surface area contributed by atoms with Gasteiger partial charge in [-0.05, 0) is 53.0 Å². The summed E-state index contributed by atoms with van der Waals surface area (Å²) in [5.41, 5.74) is 0.466. The summed E-state index contributed by atoms with van der Waals surface area (Å²) < 4.78 is 11.2. The van der Waals surface area contributed by atoms with Crippen LogP contribution in [0.3, 0.4) is 0 Å². The van der Waals surface area contributed by atoms with E-state index in [0.717, 1.165) is 22.2 Å². The van der Waals surface area contributed by atoms with Crippen LogP contribution in [0.4, 0.5) is 4.79 Å². The summed E-state index contributed by atoms with van der Waals surface area (Å²) >= 11 is 0. The third-order valence-electron chi connectivity index (χ3n) is 5.18. The van der Waals surface area contributed by atoms with E-state index in [1.165, 1.54) is 0 Å². The molecule has 1 saturated heterocycles. The molecule has 1 aromatic carbocycles. The van der Waals surface area contributed by atoms with Crippen LogP contribution in [0.1, 0.15) is 52.4 Å². The van der Waals surface area contributed by atoms with Crippen LogP contribution in [0.25, 0.3) is 10.8 Å². The van der Waals surface area contributed by atoms with Crippen molar-refractivity contribution >= 4 is 22.8 Å². The summed E-state index contributed by atoms with van der Waals surface area (Å²) in [6.45, 7) is 12.4. The van der Waals surface area contributed by atoms with E-state index < -0.39 is 17.2 Å². The second kappa shape index (κ2) is 8.83. The van der Waals surface area contributed by atoms with E-state index in [4.69, 9.17) is 14.5 Å². The molecule has 1 fully saturated rings. The van der Waals surface area contributed by atoms with E-state index in [-0.39, 0.29) is 18.6 Å². The Morgan fingerprint density at radius 2 is 1.87 bits per heavy atom. The van der Waals surface area contributed by atoms with Gasteiger partial charge >= 0.3 is 6.09 Å². The molecule has 1 aliphatic rings. The van der Waals surface area contributed by atoms with Gasteiger partial charge in [0.25, 0.3) is 0 Å². The molecule has 0 aliphatic carbocycles. The Bertz CT molecular complexity index is 965. The molecule has 2 amide bonds. The van der Waals surface area contributed by atoms with Crippen LogP contribution in [0.2, 0.25) is 0 Å². The Kier molecular flexibility index (Phi) is 6.55. The zero-order valence-electron chi connectivity index (χ0n) is 19.3. The Morgan fingerprint density at radius 3 is 2.58 bits per heavy atom. The highest BCUT2D eigenvalue weighted by atomic mass is 16.6. The molecule has 3 rings (SSSR count). The van der Waals surface area contributed by atoms with Gasteiger partial charge in [-0.15, -0.1) is 0 Å². The summed E-state index contributed by atoms with van der Waals surface area (Å²) in [6.07, 6.45) is -0.612. The summed E-state index contributed by atoms with van der Waals surface area (Å²) in [7, 11) is 0. The maximum atomic E-state index is 13.1. The molecule has 2 heterocycles. The monoisotopic (exact) mass is 427 g/mol. The number of aryl methyl sites for hydroxylation is 1. The number of benzene rings is 1. The normalized spacial score (nSPS) is 17.9. The van der Waals surface area contributed by atoms with Crippen molar-refractivity contribution in [3.8, 4) is 0 Å². The average molecular weight is 428 g/mol. The van der Waals surface area contributed by atoms with Gasteiger partial charge in [0.15, 0.2) is 0 Å². The molecule has 1 aromatic heterocycles. The standard InChI is InChI=1S/C24H33N3O4/c1-16-15-17-9-7-8-10-18(17)20(25-16)24(5,6)26-21(28)19-11-12-27(13-14-30-19)22(29)31-23(2,3)4/h7-10,15,19H,11-14H2,1-6H3,(H,26,28). The summed E-state index contributed by atoms with van der Waals surface area (Å²) in [4.78, 5) is 31.8. The Hall–Kier alpha value is -2.67. The van der Waals surface area contributed by atoms with E-state index in [0.29, 0.717) is 19.5 Å². The fraction of sp³-hybridized carbons (Fsp3) is 0.542. The Labute approximate surface area is 184 Å². The molecule has 168 valence electrons. The van der Waals surface area contributed by atoms with Crippen molar-refractivity contribution in [3.63, 3.8) is 0 Å². The molecule has 0 bridgehead atoms. The summed E-state index contributed by atoms with van der Waals surface area (Å²) in [6, 6.07) is 10.1. The predicted octanol–water partition coefficient (Wildman–Crippen LogP) is 3.92. The van der Waals surface area contributed by atoms with Crippen LogP contribution in [0.15, 0.2) is 30.3 Å². The Morgan fingerprint density at radius 1 is 1.16 bits per heavy atom. The summed E-state index contributed by atoms with van der Waals surface area (Å²) in [5, 5.41) is 5.21. The number of rotatable bonds is 3. The van der Waals surface area contributed by atoms with Crippen molar-refractivity contribution in [2.24, 2.45) is 0 Å². The molecule has 2 aromatic rings. The van der Waals surface area contributed by atoms with Crippen LogP contribution < -0.4 is 5.32 Å². The van der Waals surface area contributed by atoms with Crippen LogP contribution in [-0.4, -0.2) is 53.3 Å². The first-order valence-corrected chi connectivity index (χ1v) is 10.7. The van der Waals surface area contributed by atoms with E-state index in [2.05, 4.69) is 5.32 Å². The first-order valence-electron chi connectivity index (χ1n) is 10.7. The molecule has 0 saturated carbocycles. The second-order valence-electron chi connectivity index (χ2n) is 9.56. The number of amides is 2. The zero-order chi connectivity index (χ0) is 22.8. The van der Waals surface area contributed by atoms with E-state index >= 15 is 0 Å². The number of pyridine rings is 1. The number of carbonyl (C=O) groups excluding carboxylic acids is 2. The zero-order valence-corrected chi connectivity index (χ0v) is 19.3. The lowest BCUT2D eigenvalue weighted by Crippen LogP contribution is -2.47. The lowest BCUT2D eigenvalue weighted by atomic mass is 9.93. The molecule has 0 radical (unpaired) electrons. The van der Waals surface area contributed by atoms with Crippen molar-refractivity contribution in [2.45, 2.75) is 65.2 Å². The van der Waals surface area contributed by atoms with Gasteiger partial charge in [-0.25, -0.2) is 4.79 Å². The fourth-order valence-electron chi connectivity index (χ4n) is 3.75. The summed E-state index contributed by atoms with van der Waals surface area (Å²) in [5.74, 6) is -0.205. The maximum absolute atomic E-state index is 13.1. The van der Waals surface area contributed by atoms with Crippen molar-refractivity contribution in [3.05, 3.63) is 41.7 Å². The van der Waals surface area contributed by atoms with E-state index in [9.17, 15) is 9.59 Å². The van der Waals surface area contributed by atoms with Gasteiger partial charge in [0.2, 0.25) is 5.91 Å². The SMILES string of the molecule is Cc1cc2ccccc2c(C(C)(C)NC(=O)C2CCN(C(=O)OC(C)(C)C)CCO2)n1. The van der Waals surface area contributed by atoms with Crippen molar-refractivity contribution < 1.29 is 19.1 Å². The fourth-order valence-corrected chi connectivity index (χ4v) is 3.75. The highest BCUT2D eigenvalue weighted by Gasteiger charge is 2.33. The smallest absolute Gasteiger partial charge is 0.410 e. The number of hydrogen-bond acceptors (Lipinski definition) is 5. The Balaban J connectivity index is 1.71. The van der Waals surface area contributed by atoms with Gasteiger partial charge in [0, 0.05) is 30.6 Å². The lowest BCUT2D eigenvalue weighted by molar-refractivity contribution is -0.134. The quantitative estimate of drug-likeness (QED) is 0.803. The molecular formula is C24H33N3O4. The number of fused-ring (bicyclic) bond motifs is 1. The molecular weight excluding hydrogens is 394 g/mol. The molecule has 1 aliphatic heterocycles. The maximum Gasteiger partial charge on any atom is 0.410 e. The first kappa shape index (κ1) is 23.0. The van der Waals surface area contributed by atoms with Crippen LogP contribution in [0, 0.1) is 6.92 Å². The van der Waals surface area contributed by atoms with E-state index in [1.807, 2.05) is 71.9 Å². The second-order valence-corrected chi connectivity index (χ2v) is 9.56. The minimum Gasteiger partial charge on any atom is -0.444 e. The number of nitrogens with one attached hydrogen (secondary N) is 1.